The molecule has 8 nitrogen and oxygen atoms in total. The number of nitrogens with one attached hydrogen (secondary N) is 2. The molecule has 1 amide bonds. The van der Waals surface area contributed by atoms with Crippen LogP contribution in [0, 0.1) is 27.7 Å². The Morgan fingerprint density at radius 1 is 0.765 bits per heavy atom. The van der Waals surface area contributed by atoms with Crippen LogP contribution in [0.3, 0.4) is 0 Å². The Morgan fingerprint density at radius 2 is 1.29 bits per heavy atom. The third-order valence-corrected chi connectivity index (χ3v) is 3.50. The molecule has 4 heterocycles. The Hall–Kier alpha value is -1.21. The van der Waals surface area contributed by atoms with Crippen molar-refractivity contribution in [2.24, 2.45) is 0 Å². The zero-order valence-electron chi connectivity index (χ0n) is 21.3. The van der Waals surface area contributed by atoms with E-state index in [0.29, 0.717) is 35.7 Å². The van der Waals surface area contributed by atoms with Crippen molar-refractivity contribution in [3.63, 3.8) is 0 Å². The molecule has 0 saturated carbocycles. The van der Waals surface area contributed by atoms with Gasteiger partial charge in [-0.25, -0.2) is 23.8 Å². The summed E-state index contributed by atoms with van der Waals surface area (Å²) >= 11 is 0. The summed E-state index contributed by atoms with van der Waals surface area (Å²) in [5.41, 5.74) is 2.65. The number of carbonyl (C=O) groups is 1. The fourth-order valence-electron chi connectivity index (χ4n) is 2.28. The van der Waals surface area contributed by atoms with Crippen molar-refractivity contribution in [3.8, 4) is 0 Å². The number of amides is 1. The summed E-state index contributed by atoms with van der Waals surface area (Å²) in [6.07, 6.45) is 3.98. The molecule has 0 aliphatic carbocycles. The van der Waals surface area contributed by atoms with Crippen LogP contribution in [0.15, 0.2) is 29.6 Å². The first-order chi connectivity index (χ1) is 15.5. The second-order valence-corrected chi connectivity index (χ2v) is 5.10. The minimum atomic E-state index is -0.166. The van der Waals surface area contributed by atoms with Crippen molar-refractivity contribution < 1.29 is 70.2 Å². The van der Waals surface area contributed by atoms with Crippen LogP contribution < -0.4 is 10.9 Å². The molecule has 0 fully saturated rings. The molecule has 0 unspecified atom stereocenters. The maximum atomic E-state index is 10.9. The summed E-state index contributed by atoms with van der Waals surface area (Å²) in [5.74, 6) is 0.631. The molecular formula is C24H36N6O2Y2-4. The van der Waals surface area contributed by atoms with E-state index in [2.05, 4.69) is 57.9 Å². The Labute approximate surface area is 255 Å². The van der Waals surface area contributed by atoms with Crippen molar-refractivity contribution in [1.82, 2.24) is 24.9 Å². The third-order valence-electron chi connectivity index (χ3n) is 3.50. The summed E-state index contributed by atoms with van der Waals surface area (Å²) < 4.78 is 0. The number of anilines is 1. The van der Waals surface area contributed by atoms with Crippen LogP contribution in [-0.4, -0.2) is 30.8 Å². The van der Waals surface area contributed by atoms with Crippen molar-refractivity contribution in [2.45, 2.75) is 54.4 Å². The maximum absolute atomic E-state index is 10.9. The van der Waals surface area contributed by atoms with Crippen molar-refractivity contribution in [2.75, 3.05) is 5.32 Å². The summed E-state index contributed by atoms with van der Waals surface area (Å²) in [4.78, 5) is 40.1. The maximum Gasteiger partial charge on any atom is 0.246 e. The number of rotatable bonds is 0. The van der Waals surface area contributed by atoms with Gasteiger partial charge in [-0.1, -0.05) is 45.5 Å². The number of pyridine rings is 1. The predicted octanol–water partition coefficient (Wildman–Crippen LogP) is 4.77. The molecular weight excluding hydrogens is 582 g/mol. The Balaban J connectivity index is -0.000000196. The molecule has 4 rings (SSSR count). The van der Waals surface area contributed by atoms with Crippen LogP contribution in [0.2, 0.25) is 0 Å². The summed E-state index contributed by atoms with van der Waals surface area (Å²) in [5, 5.41) is 3.45. The number of aromatic amines is 1. The van der Waals surface area contributed by atoms with E-state index >= 15 is 0 Å². The molecule has 1 aliphatic heterocycles. The summed E-state index contributed by atoms with van der Waals surface area (Å²) in [7, 11) is 0. The molecule has 3 aromatic rings. The van der Waals surface area contributed by atoms with E-state index in [1.54, 1.807) is 19.9 Å². The Morgan fingerprint density at radius 3 is 1.88 bits per heavy atom. The minimum absolute atomic E-state index is 0. The van der Waals surface area contributed by atoms with Crippen LogP contribution in [0.4, 0.5) is 5.82 Å². The fourth-order valence-corrected chi connectivity index (χ4v) is 2.28. The van der Waals surface area contributed by atoms with E-state index < -0.39 is 0 Å². The van der Waals surface area contributed by atoms with Crippen molar-refractivity contribution >= 4 is 22.8 Å². The standard InChI is InChI=1S/C8H8N3O.C8H6N3O.2C2H6.2C2H5.2Y/c2*1-5-6-2-3-7(12)11-8(6)10-4-9-5;4*1-2;;/h4H,1-3H2,(H,9,10,11,12);2-4H,1H2,(H,9,10,11,12);2*1-2H3;2*1H2,2H3;;/q2*-1;;;2*-1;;. The topological polar surface area (TPSA) is 114 Å². The molecule has 1 aliphatic rings. The van der Waals surface area contributed by atoms with Gasteiger partial charge >= 0.3 is 0 Å². The van der Waals surface area contributed by atoms with E-state index in [1.807, 2.05) is 27.7 Å². The molecule has 0 aromatic carbocycles. The van der Waals surface area contributed by atoms with Crippen LogP contribution in [-0.2, 0) is 76.6 Å². The largest absolute Gasteiger partial charge is 0.346 e. The smallest absolute Gasteiger partial charge is 0.246 e. The van der Waals surface area contributed by atoms with Crippen LogP contribution in [0.1, 0.15) is 64.9 Å². The fraction of sp³-hybridized carbons (Fsp3) is 0.333. The van der Waals surface area contributed by atoms with E-state index in [0.717, 1.165) is 10.9 Å². The van der Waals surface area contributed by atoms with Gasteiger partial charge in [-0.3, -0.25) is 19.6 Å². The molecule has 0 bridgehead atoms. The molecule has 184 valence electrons. The molecule has 34 heavy (non-hydrogen) atoms. The normalized spacial score (nSPS) is 9.71. The molecule has 0 atom stereocenters. The van der Waals surface area contributed by atoms with Gasteiger partial charge in [0.25, 0.3) is 0 Å². The van der Waals surface area contributed by atoms with Crippen LogP contribution in [0.5, 0.6) is 0 Å². The zero-order valence-corrected chi connectivity index (χ0v) is 27.0. The SMILES string of the molecule is CC.CC.[CH2-]C.[CH2-]C.[CH2-]c1ncnc2[nH]c(=O)ccc12.[CH2-]c1ncnc2c1CCC(=O)N2.[Y].[Y]. The quantitative estimate of drug-likeness (QED) is 0.351. The first-order valence-electron chi connectivity index (χ1n) is 10.6. The van der Waals surface area contributed by atoms with Gasteiger partial charge in [0.15, 0.2) is 0 Å². The van der Waals surface area contributed by atoms with Gasteiger partial charge in [0.1, 0.15) is 12.7 Å². The molecule has 3 aromatic heterocycles. The minimum Gasteiger partial charge on any atom is -0.346 e. The average Bonchev–Trinajstić information content (AvgIpc) is 2.85. The molecule has 0 spiro atoms. The van der Waals surface area contributed by atoms with Crippen molar-refractivity contribution in [1.29, 1.82) is 0 Å². The Kier molecular flexibility index (Phi) is 29.3. The van der Waals surface area contributed by atoms with Crippen molar-refractivity contribution in [3.05, 3.63) is 79.8 Å². The van der Waals surface area contributed by atoms with E-state index in [-0.39, 0.29) is 76.9 Å². The van der Waals surface area contributed by atoms with Gasteiger partial charge in [-0.15, -0.1) is 17.0 Å². The molecule has 0 saturated heterocycles. The van der Waals surface area contributed by atoms with Gasteiger partial charge in [-0.05, 0) is 6.07 Å². The van der Waals surface area contributed by atoms with E-state index in [9.17, 15) is 9.59 Å². The predicted molar refractivity (Wildman–Crippen MR) is 133 cm³/mol. The second kappa shape index (κ2) is 24.9. The van der Waals surface area contributed by atoms with Gasteiger partial charge in [0, 0.05) is 71.8 Å². The monoisotopic (exact) mass is 618 g/mol. The average molecular weight is 618 g/mol. The number of carbonyl (C=O) groups excluding carboxylic acids is 1. The van der Waals surface area contributed by atoms with Crippen LogP contribution in [0.25, 0.3) is 11.0 Å². The number of nitrogens with zero attached hydrogens (tertiary/aromatic N) is 4. The van der Waals surface area contributed by atoms with Gasteiger partial charge in [-0.2, -0.15) is 13.8 Å². The van der Waals surface area contributed by atoms with E-state index in [1.165, 1.54) is 18.7 Å². The number of H-pyrrole nitrogens is 1. The van der Waals surface area contributed by atoms with Gasteiger partial charge in [0.05, 0.1) is 11.5 Å². The first-order valence-corrected chi connectivity index (χ1v) is 10.6. The van der Waals surface area contributed by atoms with E-state index in [4.69, 9.17) is 0 Å². The number of fused-ring (bicyclic) bond motifs is 2. The molecule has 10 heteroatoms. The number of aromatic nitrogens is 5. The van der Waals surface area contributed by atoms with Gasteiger partial charge < -0.3 is 24.1 Å². The summed E-state index contributed by atoms with van der Waals surface area (Å²) in [6, 6.07) is 3.09. The first kappa shape index (κ1) is 40.0. The second-order valence-electron chi connectivity index (χ2n) is 5.10. The van der Waals surface area contributed by atoms with Gasteiger partial charge in [0.2, 0.25) is 11.5 Å². The number of hydrogen-bond donors (Lipinski definition) is 2. The summed E-state index contributed by atoms with van der Waals surface area (Å²) in [6.45, 7) is 25.5. The molecule has 2 radical (unpaired) electrons. The Bertz CT molecular complexity index is 981. The number of hydrogen-bond acceptors (Lipinski definition) is 6. The third kappa shape index (κ3) is 13.6. The molecule has 2 N–H and O–H groups in total. The van der Waals surface area contributed by atoms with Crippen LogP contribution >= 0.6 is 0 Å². The zero-order chi connectivity index (χ0) is 25.1.